The van der Waals surface area contributed by atoms with Crippen molar-refractivity contribution in [1.82, 2.24) is 0 Å². The smallest absolute Gasteiger partial charge is 1.00 e. The SMILES string of the molecule is Cc1ccc(C(C)C)cc1.Cc1ccc(C2=CC3(c4ccccc4)C=C(c4ccc(C)cc4C)P2c2ccccc23)c(C)c1.ClCCl.[Cl-].[Cl-].[Ru+2]. The molecule has 2 bridgehead atoms. The third-order valence-corrected chi connectivity index (χ3v) is 11.7. The monoisotopic (exact) mass is 846 g/mol. The zero-order valence-electron chi connectivity index (χ0n) is 29.7. The van der Waals surface area contributed by atoms with Gasteiger partial charge >= 0.3 is 19.5 Å². The maximum Gasteiger partial charge on any atom is 2.00 e. The van der Waals surface area contributed by atoms with Crippen LogP contribution in [0.1, 0.15) is 75.4 Å². The molecule has 3 aliphatic rings. The number of allylic oxidation sites excluding steroid dienone is 2. The number of aryl methyl sites for hydroxylation is 5. The fraction of sp³-hybridized carbons (Fsp3) is 0.227. The Balaban J connectivity index is 0.000000464. The van der Waals surface area contributed by atoms with Crippen LogP contribution in [-0.2, 0) is 24.9 Å². The molecule has 0 unspecified atom stereocenters. The molecule has 5 aromatic rings. The first-order valence-corrected chi connectivity index (χ1v) is 18.7. The maximum atomic E-state index is 4.76. The van der Waals surface area contributed by atoms with Gasteiger partial charge in [0.05, 0.1) is 10.8 Å². The second-order valence-electron chi connectivity index (χ2n) is 12.9. The summed E-state index contributed by atoms with van der Waals surface area (Å²) < 4.78 is 0. The Bertz CT molecular complexity index is 1840. The van der Waals surface area contributed by atoms with Crippen LogP contribution in [0, 0.1) is 34.6 Å². The van der Waals surface area contributed by atoms with Crippen molar-refractivity contribution in [3.63, 3.8) is 0 Å². The number of alkyl halides is 2. The molecule has 0 nitrogen and oxygen atoms in total. The summed E-state index contributed by atoms with van der Waals surface area (Å²) in [7, 11) is -0.650. The third-order valence-electron chi connectivity index (χ3n) is 9.11. The second-order valence-corrected chi connectivity index (χ2v) is 15.9. The molecule has 5 aromatic carbocycles. The van der Waals surface area contributed by atoms with E-state index in [1.807, 2.05) is 0 Å². The molecule has 0 atom stereocenters. The van der Waals surface area contributed by atoms with Crippen LogP contribution >= 0.6 is 31.1 Å². The molecule has 0 spiro atoms. The van der Waals surface area contributed by atoms with Crippen LogP contribution < -0.4 is 30.1 Å². The number of halogens is 4. The summed E-state index contributed by atoms with van der Waals surface area (Å²) in [5.41, 5.74) is 13.4. The van der Waals surface area contributed by atoms with Crippen molar-refractivity contribution in [2.75, 3.05) is 5.34 Å². The van der Waals surface area contributed by atoms with E-state index in [2.05, 4.69) is 176 Å². The summed E-state index contributed by atoms with van der Waals surface area (Å²) in [6, 6.07) is 42.8. The van der Waals surface area contributed by atoms with Crippen molar-refractivity contribution in [2.45, 2.75) is 59.8 Å². The minimum Gasteiger partial charge on any atom is -1.00 e. The van der Waals surface area contributed by atoms with Crippen LogP contribution in [0.5, 0.6) is 0 Å². The average molecular weight is 848 g/mol. The first-order valence-electron chi connectivity index (χ1n) is 16.3. The maximum absolute atomic E-state index is 4.76. The molecule has 0 N–H and O–H groups in total. The molecule has 50 heavy (non-hydrogen) atoms. The van der Waals surface area contributed by atoms with Gasteiger partial charge in [-0.3, -0.25) is 0 Å². The average Bonchev–Trinajstić information content (AvgIpc) is 3.06. The standard InChI is InChI=1S/C33H29P.C10H14.CH2Cl2.2ClH.Ru/c1-22-14-16-27(24(3)18-22)31-20-33(26-10-6-5-7-11-26)21-32(28-17-15-23(2)19-25(28)4)34(31)30-13-9-8-12-29(30)33;1-8(2)10-6-4-9(3)5-7-10;2-1-3;;;/h5-21H,1-4H3;4-8H,1-3H3;1H2;2*1H;/q;;;;;+2/p-2. The van der Waals surface area contributed by atoms with E-state index in [-0.39, 0.29) is 55.0 Å². The Morgan fingerprint density at radius 3 is 1.48 bits per heavy atom. The molecular formula is C44H45Cl4PRu. The largest absolute Gasteiger partial charge is 2.00 e. The van der Waals surface area contributed by atoms with Crippen molar-refractivity contribution in [3.8, 4) is 0 Å². The Morgan fingerprint density at radius 1 is 0.580 bits per heavy atom. The van der Waals surface area contributed by atoms with E-state index in [9.17, 15) is 0 Å². The minimum atomic E-state index is -0.650. The van der Waals surface area contributed by atoms with E-state index in [1.165, 1.54) is 71.6 Å². The van der Waals surface area contributed by atoms with E-state index in [0.29, 0.717) is 5.92 Å². The van der Waals surface area contributed by atoms with E-state index >= 15 is 0 Å². The Hall–Kier alpha value is -2.21. The summed E-state index contributed by atoms with van der Waals surface area (Å²) in [5, 5.41) is 4.68. The number of benzene rings is 5. The molecule has 0 fully saturated rings. The molecule has 0 amide bonds. The Labute approximate surface area is 337 Å². The van der Waals surface area contributed by atoms with Crippen molar-refractivity contribution in [1.29, 1.82) is 0 Å². The molecule has 6 heteroatoms. The van der Waals surface area contributed by atoms with E-state index in [4.69, 9.17) is 23.2 Å². The van der Waals surface area contributed by atoms with Gasteiger partial charge in [-0.15, -0.1) is 23.2 Å². The zero-order chi connectivity index (χ0) is 33.7. The topological polar surface area (TPSA) is 0 Å². The van der Waals surface area contributed by atoms with Crippen LogP contribution in [0.15, 0.2) is 127 Å². The fourth-order valence-electron chi connectivity index (χ4n) is 6.75. The number of hydrogen-bond donors (Lipinski definition) is 0. The van der Waals surface area contributed by atoms with Crippen LogP contribution in [0.3, 0.4) is 0 Å². The van der Waals surface area contributed by atoms with Crippen molar-refractivity contribution < 1.29 is 44.3 Å². The fourth-order valence-corrected chi connectivity index (χ4v) is 9.91. The summed E-state index contributed by atoms with van der Waals surface area (Å²) in [4.78, 5) is 0. The summed E-state index contributed by atoms with van der Waals surface area (Å²) in [6.07, 6.45) is 5.17. The molecule has 262 valence electrons. The second kappa shape index (κ2) is 19.6. The summed E-state index contributed by atoms with van der Waals surface area (Å²) >= 11 is 9.53. The number of hydrogen-bond acceptors (Lipinski definition) is 0. The number of rotatable bonds is 4. The third kappa shape index (κ3) is 9.41. The predicted molar refractivity (Wildman–Crippen MR) is 210 cm³/mol. The van der Waals surface area contributed by atoms with Crippen LogP contribution in [0.2, 0.25) is 0 Å². The molecule has 3 heterocycles. The van der Waals surface area contributed by atoms with Crippen molar-refractivity contribution >= 4 is 47.1 Å². The molecule has 0 saturated carbocycles. The normalized spacial score (nSPS) is 16.4. The molecular weight excluding hydrogens is 802 g/mol. The van der Waals surface area contributed by atoms with Gasteiger partial charge in [0, 0.05) is 0 Å². The van der Waals surface area contributed by atoms with Gasteiger partial charge in [0.1, 0.15) is 0 Å². The van der Waals surface area contributed by atoms with E-state index < -0.39 is 7.92 Å². The molecule has 3 aliphatic heterocycles. The summed E-state index contributed by atoms with van der Waals surface area (Å²) in [5.74, 6) is 0.653. The Kier molecular flexibility index (Phi) is 17.2. The van der Waals surface area contributed by atoms with Crippen molar-refractivity contribution in [2.24, 2.45) is 0 Å². The van der Waals surface area contributed by atoms with E-state index in [1.54, 1.807) is 0 Å². The van der Waals surface area contributed by atoms with Gasteiger partial charge in [-0.2, -0.15) is 0 Å². The van der Waals surface area contributed by atoms with Gasteiger partial charge in [0.15, 0.2) is 0 Å². The molecule has 0 aromatic heterocycles. The zero-order valence-corrected chi connectivity index (χ0v) is 35.4. The van der Waals surface area contributed by atoms with E-state index in [0.717, 1.165) is 0 Å². The van der Waals surface area contributed by atoms with Crippen LogP contribution in [0.25, 0.3) is 10.6 Å². The predicted octanol–water partition coefficient (Wildman–Crippen LogP) is 6.97. The minimum absolute atomic E-state index is 0. The van der Waals surface area contributed by atoms with Crippen LogP contribution in [0.4, 0.5) is 0 Å². The van der Waals surface area contributed by atoms with Gasteiger partial charge in [-0.1, -0.05) is 158 Å². The first-order chi connectivity index (χ1) is 22.6. The van der Waals surface area contributed by atoms with Gasteiger partial charge < -0.3 is 24.8 Å². The van der Waals surface area contributed by atoms with Crippen molar-refractivity contribution in [3.05, 3.63) is 183 Å². The van der Waals surface area contributed by atoms with Gasteiger partial charge in [-0.05, 0) is 103 Å². The molecule has 0 aliphatic carbocycles. The first kappa shape index (κ1) is 44.0. The molecule has 0 saturated heterocycles. The molecule has 0 radical (unpaired) electrons. The van der Waals surface area contributed by atoms with Gasteiger partial charge in [0.25, 0.3) is 0 Å². The molecule has 8 rings (SSSR count). The van der Waals surface area contributed by atoms with Gasteiger partial charge in [0.2, 0.25) is 0 Å². The summed E-state index contributed by atoms with van der Waals surface area (Å²) in [6.45, 7) is 15.4. The quantitative estimate of drug-likeness (QED) is 0.104. The van der Waals surface area contributed by atoms with Gasteiger partial charge in [-0.25, -0.2) is 0 Å². The Morgan fingerprint density at radius 2 is 1.02 bits per heavy atom. The van der Waals surface area contributed by atoms with Crippen LogP contribution in [-0.4, -0.2) is 5.34 Å².